The minimum Gasteiger partial charge on any atom is -0.187 e. The van der Waals surface area contributed by atoms with Crippen LogP contribution >= 0.6 is 11.5 Å². The Kier molecular flexibility index (Phi) is 1.81. The van der Waals surface area contributed by atoms with Gasteiger partial charge in [-0.05, 0) is 12.1 Å². The molecule has 0 atom stereocenters. The first-order valence-corrected chi connectivity index (χ1v) is 4.82. The summed E-state index contributed by atoms with van der Waals surface area (Å²) in [5.74, 6) is 1.64. The lowest BCUT2D eigenvalue weighted by molar-refractivity contribution is -0.521. The molecule has 2 heterocycles. The van der Waals surface area contributed by atoms with Gasteiger partial charge in [0.25, 0.3) is 0 Å². The normalized spacial score (nSPS) is 11.2. The quantitative estimate of drug-likeness (QED) is 0.612. The van der Waals surface area contributed by atoms with E-state index in [0.717, 1.165) is 5.82 Å². The zero-order valence-electron chi connectivity index (χ0n) is 7.19. The molecule has 0 unspecified atom stereocenters. The third-order valence-corrected chi connectivity index (χ3v) is 2.62. The van der Waals surface area contributed by atoms with Crippen LogP contribution in [0, 0.1) is 0 Å². The molecule has 2 aromatic heterocycles. The van der Waals surface area contributed by atoms with Crippen molar-refractivity contribution in [3.8, 4) is 0 Å². The van der Waals surface area contributed by atoms with Crippen molar-refractivity contribution in [2.24, 2.45) is 0 Å². The van der Waals surface area contributed by atoms with Crippen LogP contribution in [0.1, 0.15) is 25.6 Å². The number of hydrogen-bond donors (Lipinski definition) is 0. The van der Waals surface area contributed by atoms with Crippen molar-refractivity contribution in [2.75, 3.05) is 0 Å². The minimum absolute atomic E-state index is 0.492. The van der Waals surface area contributed by atoms with Crippen LogP contribution in [-0.2, 0) is 0 Å². The summed E-state index contributed by atoms with van der Waals surface area (Å²) in [5, 5.41) is 0. The third kappa shape index (κ3) is 1.10. The van der Waals surface area contributed by atoms with E-state index in [1.807, 2.05) is 12.1 Å². The van der Waals surface area contributed by atoms with Crippen molar-refractivity contribution in [1.29, 1.82) is 0 Å². The predicted octanol–water partition coefficient (Wildman–Crippen LogP) is 2.01. The lowest BCUT2D eigenvalue weighted by atomic mass is 10.2. The lowest BCUT2D eigenvalue weighted by Crippen LogP contribution is -2.24. The van der Waals surface area contributed by atoms with Crippen LogP contribution in [0.15, 0.2) is 24.4 Å². The molecular formula is C9H11N2S+. The van der Waals surface area contributed by atoms with E-state index in [1.54, 1.807) is 11.5 Å². The maximum atomic E-state index is 4.40. The van der Waals surface area contributed by atoms with E-state index in [0.29, 0.717) is 5.92 Å². The van der Waals surface area contributed by atoms with Crippen LogP contribution in [0.2, 0.25) is 0 Å². The molecule has 0 radical (unpaired) electrons. The first-order valence-electron chi connectivity index (χ1n) is 4.05. The van der Waals surface area contributed by atoms with Crippen molar-refractivity contribution < 1.29 is 4.40 Å². The van der Waals surface area contributed by atoms with Crippen LogP contribution in [0.3, 0.4) is 0 Å². The second-order valence-corrected chi connectivity index (χ2v) is 3.89. The summed E-state index contributed by atoms with van der Waals surface area (Å²) in [6.45, 7) is 4.32. The summed E-state index contributed by atoms with van der Waals surface area (Å²) in [6, 6.07) is 6.16. The number of nitrogens with zero attached hydrogens (tertiary/aromatic N) is 2. The molecule has 12 heavy (non-hydrogen) atoms. The van der Waals surface area contributed by atoms with Gasteiger partial charge in [0, 0.05) is 4.37 Å². The molecule has 0 amide bonds. The first-order chi connectivity index (χ1) is 5.79. The number of fused-ring (bicyclic) bond motifs is 1. The Morgan fingerprint density at radius 1 is 1.42 bits per heavy atom. The van der Waals surface area contributed by atoms with Gasteiger partial charge in [0.15, 0.2) is 0 Å². The molecule has 62 valence electrons. The molecule has 2 aromatic rings. The highest BCUT2D eigenvalue weighted by Gasteiger charge is 2.17. The topological polar surface area (TPSA) is 17.0 Å². The lowest BCUT2D eigenvalue weighted by Gasteiger charge is -1.91. The molecule has 0 aliphatic carbocycles. The molecule has 2 nitrogen and oxygen atoms in total. The fraction of sp³-hybridized carbons (Fsp3) is 0.333. The van der Waals surface area contributed by atoms with Gasteiger partial charge in [-0.2, -0.15) is 4.40 Å². The van der Waals surface area contributed by atoms with Gasteiger partial charge in [-0.3, -0.25) is 0 Å². The van der Waals surface area contributed by atoms with E-state index in [9.17, 15) is 0 Å². The molecule has 0 aliphatic heterocycles. The van der Waals surface area contributed by atoms with Crippen LogP contribution in [0.5, 0.6) is 0 Å². The Balaban J connectivity index is 2.70. The van der Waals surface area contributed by atoms with E-state index in [1.165, 1.54) is 4.83 Å². The molecule has 0 aliphatic rings. The third-order valence-electron chi connectivity index (χ3n) is 1.82. The highest BCUT2D eigenvalue weighted by Crippen LogP contribution is 2.11. The van der Waals surface area contributed by atoms with Gasteiger partial charge in [-0.25, -0.2) is 0 Å². The van der Waals surface area contributed by atoms with E-state index in [4.69, 9.17) is 0 Å². The summed E-state index contributed by atoms with van der Waals surface area (Å²) in [4.78, 5) is 1.21. The van der Waals surface area contributed by atoms with Gasteiger partial charge in [-0.15, -0.1) is 0 Å². The fourth-order valence-corrected chi connectivity index (χ4v) is 2.08. The van der Waals surface area contributed by atoms with Crippen LogP contribution in [-0.4, -0.2) is 4.37 Å². The maximum Gasteiger partial charge on any atom is 0.321 e. The largest absolute Gasteiger partial charge is 0.321 e. The molecule has 2 rings (SSSR count). The molecule has 0 fully saturated rings. The second kappa shape index (κ2) is 2.83. The molecule has 0 bridgehead atoms. The van der Waals surface area contributed by atoms with Gasteiger partial charge < -0.3 is 0 Å². The Bertz CT molecular complexity index is 392. The zero-order valence-corrected chi connectivity index (χ0v) is 8.01. The van der Waals surface area contributed by atoms with Crippen molar-refractivity contribution >= 4 is 16.4 Å². The van der Waals surface area contributed by atoms with Crippen LogP contribution < -0.4 is 4.40 Å². The molecular weight excluding hydrogens is 168 g/mol. The number of pyridine rings is 1. The number of hydrogen-bond acceptors (Lipinski definition) is 2. The Morgan fingerprint density at radius 2 is 2.25 bits per heavy atom. The van der Waals surface area contributed by atoms with E-state index in [2.05, 4.69) is 34.9 Å². The summed E-state index contributed by atoms with van der Waals surface area (Å²) < 4.78 is 6.55. The highest BCUT2D eigenvalue weighted by atomic mass is 32.1. The Labute approximate surface area is 75.7 Å². The van der Waals surface area contributed by atoms with Gasteiger partial charge >= 0.3 is 5.82 Å². The predicted molar refractivity (Wildman–Crippen MR) is 49.4 cm³/mol. The maximum absolute atomic E-state index is 4.40. The monoisotopic (exact) mass is 179 g/mol. The Hall–Kier alpha value is -0.960. The van der Waals surface area contributed by atoms with Crippen molar-refractivity contribution in [2.45, 2.75) is 19.8 Å². The first kappa shape index (κ1) is 7.68. The standard InChI is InChI=1S/C9H11N2S/c1-7(2)9-10-12-8-5-3-4-6-11(8)9/h3-7H,1-2H3/q+1. The molecule has 3 heteroatoms. The summed E-state index contributed by atoms with van der Waals surface area (Å²) in [7, 11) is 0. The zero-order chi connectivity index (χ0) is 8.55. The SMILES string of the molecule is CC(C)c1nsc2cccc[n+]12. The summed E-state index contributed by atoms with van der Waals surface area (Å²) >= 11 is 1.56. The molecule has 0 saturated carbocycles. The molecule has 0 saturated heterocycles. The average molecular weight is 179 g/mol. The number of aromatic nitrogens is 2. The van der Waals surface area contributed by atoms with E-state index >= 15 is 0 Å². The van der Waals surface area contributed by atoms with Gasteiger partial charge in [-0.1, -0.05) is 19.9 Å². The Morgan fingerprint density at radius 3 is 3.00 bits per heavy atom. The smallest absolute Gasteiger partial charge is 0.187 e. The van der Waals surface area contributed by atoms with E-state index in [-0.39, 0.29) is 0 Å². The molecule has 0 spiro atoms. The van der Waals surface area contributed by atoms with Crippen LogP contribution in [0.4, 0.5) is 0 Å². The number of rotatable bonds is 1. The second-order valence-electron chi connectivity index (χ2n) is 3.10. The van der Waals surface area contributed by atoms with Gasteiger partial charge in [0.1, 0.15) is 11.5 Å². The molecule has 0 aromatic carbocycles. The summed E-state index contributed by atoms with van der Waals surface area (Å²) in [6.07, 6.45) is 2.06. The van der Waals surface area contributed by atoms with Crippen molar-refractivity contribution in [3.63, 3.8) is 0 Å². The molecule has 0 N–H and O–H groups in total. The van der Waals surface area contributed by atoms with Crippen molar-refractivity contribution in [1.82, 2.24) is 4.37 Å². The highest BCUT2D eigenvalue weighted by molar-refractivity contribution is 7.11. The average Bonchev–Trinajstić information content (AvgIpc) is 2.47. The summed E-state index contributed by atoms with van der Waals surface area (Å²) in [5.41, 5.74) is 0. The van der Waals surface area contributed by atoms with Crippen LogP contribution in [0.25, 0.3) is 4.83 Å². The minimum atomic E-state index is 0.492. The van der Waals surface area contributed by atoms with Gasteiger partial charge in [0.05, 0.1) is 12.1 Å². The van der Waals surface area contributed by atoms with Crippen molar-refractivity contribution in [3.05, 3.63) is 30.2 Å². The van der Waals surface area contributed by atoms with E-state index < -0.39 is 0 Å². The fourth-order valence-electron chi connectivity index (χ4n) is 1.21. The van der Waals surface area contributed by atoms with Gasteiger partial charge in [0.2, 0.25) is 4.83 Å².